The lowest BCUT2D eigenvalue weighted by Crippen LogP contribution is -2.28. The quantitative estimate of drug-likeness (QED) is 0.162. The van der Waals surface area contributed by atoms with Crippen molar-refractivity contribution in [2.24, 2.45) is 0 Å². The number of anilines is 3. The third-order valence-electron chi connectivity index (χ3n) is 13.3. The van der Waals surface area contributed by atoms with Crippen molar-refractivity contribution in [3.05, 3.63) is 246 Å². The molecule has 0 radical (unpaired) electrons. The first-order chi connectivity index (χ1) is 29.5. The second-order valence-electron chi connectivity index (χ2n) is 16.8. The van der Waals surface area contributed by atoms with Gasteiger partial charge in [-0.05, 0) is 109 Å². The molecule has 9 aromatic carbocycles. The number of thiophene rings is 1. The maximum atomic E-state index is 2.50. The summed E-state index contributed by atoms with van der Waals surface area (Å²) in [7, 11) is 0. The molecule has 2 aliphatic rings. The Balaban J connectivity index is 1.09. The largest absolute Gasteiger partial charge is 0.310 e. The SMILES string of the molecule is CC1(C)c2ccccc2-c2cccc(-c3ccc(N(c4ccc5c(c4)C(c4ccccc4)(c4ccccc4)c4ccccc4-5)c4cccc5sc6ccccc6c45)cc3)c21. The van der Waals surface area contributed by atoms with E-state index in [1.807, 2.05) is 11.3 Å². The standard InChI is InChI=1S/C58H41NS/c1-57(2)49-26-12-9-22-45(49)47-25-15-24-43(56(47)57)38-31-33-41(34-32-38)59(52-28-16-30-54-55(52)48-23-11-14-29-53(48)60-54)42-35-36-46-44-21-10-13-27-50(44)58(51(46)37-42,39-17-5-3-6-18-39)40-19-7-4-8-20-40/h3-37H,1-2H3. The van der Waals surface area contributed by atoms with Gasteiger partial charge in [0.2, 0.25) is 0 Å². The summed E-state index contributed by atoms with van der Waals surface area (Å²) in [6.07, 6.45) is 0. The summed E-state index contributed by atoms with van der Waals surface area (Å²) in [5.41, 5.74) is 18.5. The number of nitrogens with zero attached hydrogens (tertiary/aromatic N) is 1. The topological polar surface area (TPSA) is 3.24 Å². The number of hydrogen-bond acceptors (Lipinski definition) is 2. The molecule has 0 aliphatic heterocycles. The third-order valence-corrected chi connectivity index (χ3v) is 14.5. The molecule has 284 valence electrons. The highest BCUT2D eigenvalue weighted by atomic mass is 32.1. The Hall–Kier alpha value is -7.00. The zero-order valence-corrected chi connectivity index (χ0v) is 34.4. The molecular weight excluding hydrogens is 743 g/mol. The van der Waals surface area contributed by atoms with E-state index < -0.39 is 5.41 Å². The summed E-state index contributed by atoms with van der Waals surface area (Å²) < 4.78 is 2.59. The van der Waals surface area contributed by atoms with E-state index in [1.165, 1.54) is 92.6 Å². The molecule has 60 heavy (non-hydrogen) atoms. The van der Waals surface area contributed by atoms with Gasteiger partial charge in [-0.2, -0.15) is 0 Å². The molecule has 0 atom stereocenters. The second kappa shape index (κ2) is 13.3. The van der Waals surface area contributed by atoms with Gasteiger partial charge in [0, 0.05) is 37.0 Å². The van der Waals surface area contributed by atoms with Crippen LogP contribution in [0.1, 0.15) is 47.2 Å². The first-order valence-electron chi connectivity index (χ1n) is 20.9. The molecule has 0 amide bonds. The van der Waals surface area contributed by atoms with Crippen molar-refractivity contribution in [1.29, 1.82) is 0 Å². The molecular formula is C58H41NS. The first kappa shape index (κ1) is 35.0. The van der Waals surface area contributed by atoms with Crippen LogP contribution >= 0.6 is 11.3 Å². The van der Waals surface area contributed by atoms with Crippen LogP contribution < -0.4 is 4.90 Å². The van der Waals surface area contributed by atoms with Gasteiger partial charge in [0.25, 0.3) is 0 Å². The van der Waals surface area contributed by atoms with Gasteiger partial charge in [-0.3, -0.25) is 0 Å². The first-order valence-corrected chi connectivity index (χ1v) is 21.7. The van der Waals surface area contributed by atoms with E-state index in [-0.39, 0.29) is 5.41 Å². The van der Waals surface area contributed by atoms with Crippen LogP contribution in [0.2, 0.25) is 0 Å². The fourth-order valence-electron chi connectivity index (χ4n) is 10.8. The summed E-state index contributed by atoms with van der Waals surface area (Å²) in [6.45, 7) is 4.75. The van der Waals surface area contributed by atoms with Crippen molar-refractivity contribution >= 4 is 48.6 Å². The molecule has 0 unspecified atom stereocenters. The monoisotopic (exact) mass is 783 g/mol. The van der Waals surface area contributed by atoms with Crippen molar-refractivity contribution in [1.82, 2.24) is 0 Å². The van der Waals surface area contributed by atoms with Crippen LogP contribution in [0.3, 0.4) is 0 Å². The maximum absolute atomic E-state index is 2.50. The van der Waals surface area contributed by atoms with E-state index in [0.717, 1.165) is 11.4 Å². The lowest BCUT2D eigenvalue weighted by Gasteiger charge is -2.35. The van der Waals surface area contributed by atoms with Crippen molar-refractivity contribution in [2.75, 3.05) is 4.90 Å². The van der Waals surface area contributed by atoms with E-state index in [9.17, 15) is 0 Å². The third kappa shape index (κ3) is 4.92. The van der Waals surface area contributed by atoms with Crippen LogP contribution in [0.4, 0.5) is 17.1 Å². The van der Waals surface area contributed by atoms with Crippen molar-refractivity contribution < 1.29 is 0 Å². The molecule has 0 saturated carbocycles. The lowest BCUT2D eigenvalue weighted by molar-refractivity contribution is 0.662. The molecule has 10 aromatic rings. The van der Waals surface area contributed by atoms with Gasteiger partial charge in [0.05, 0.1) is 11.1 Å². The van der Waals surface area contributed by atoms with Crippen LogP contribution in [-0.4, -0.2) is 0 Å². The summed E-state index contributed by atoms with van der Waals surface area (Å²) in [5.74, 6) is 0. The Bertz CT molecular complexity index is 3240. The van der Waals surface area contributed by atoms with Crippen LogP contribution in [0.5, 0.6) is 0 Å². The van der Waals surface area contributed by atoms with Gasteiger partial charge in [-0.15, -0.1) is 11.3 Å². The van der Waals surface area contributed by atoms with Crippen molar-refractivity contribution in [2.45, 2.75) is 24.7 Å². The number of fused-ring (bicyclic) bond motifs is 9. The van der Waals surface area contributed by atoms with Gasteiger partial charge in [0.1, 0.15) is 0 Å². The molecule has 2 aliphatic carbocycles. The molecule has 12 rings (SSSR count). The summed E-state index contributed by atoms with van der Waals surface area (Å²) in [5, 5.41) is 2.57. The van der Waals surface area contributed by atoms with Crippen molar-refractivity contribution in [3.63, 3.8) is 0 Å². The Morgan fingerprint density at radius 1 is 0.400 bits per heavy atom. The van der Waals surface area contributed by atoms with Gasteiger partial charge < -0.3 is 4.90 Å². The van der Waals surface area contributed by atoms with E-state index in [1.54, 1.807) is 0 Å². The molecule has 2 heteroatoms. The predicted molar refractivity (Wildman–Crippen MR) is 254 cm³/mol. The highest BCUT2D eigenvalue weighted by molar-refractivity contribution is 7.26. The van der Waals surface area contributed by atoms with Crippen LogP contribution in [0.15, 0.2) is 212 Å². The van der Waals surface area contributed by atoms with Crippen molar-refractivity contribution in [3.8, 4) is 33.4 Å². The Kier molecular flexibility index (Phi) is 7.73. The molecule has 0 N–H and O–H groups in total. The molecule has 0 fully saturated rings. The van der Waals surface area contributed by atoms with Gasteiger partial charge >= 0.3 is 0 Å². The fraction of sp³-hybridized carbons (Fsp3) is 0.0690. The minimum absolute atomic E-state index is 0.102. The average Bonchev–Trinajstić information content (AvgIpc) is 3.92. The van der Waals surface area contributed by atoms with Crippen LogP contribution in [0.25, 0.3) is 53.6 Å². The molecule has 0 saturated heterocycles. The molecule has 1 nitrogen and oxygen atoms in total. The number of benzene rings is 9. The number of rotatable bonds is 6. The maximum Gasteiger partial charge on any atom is 0.0714 e. The van der Waals surface area contributed by atoms with E-state index >= 15 is 0 Å². The number of hydrogen-bond donors (Lipinski definition) is 0. The summed E-state index contributed by atoms with van der Waals surface area (Å²) in [6, 6.07) is 79.2. The molecule has 0 bridgehead atoms. The smallest absolute Gasteiger partial charge is 0.0714 e. The summed E-state index contributed by atoms with van der Waals surface area (Å²) in [4.78, 5) is 2.50. The summed E-state index contributed by atoms with van der Waals surface area (Å²) >= 11 is 1.87. The predicted octanol–water partition coefficient (Wildman–Crippen LogP) is 15.9. The van der Waals surface area contributed by atoms with E-state index in [0.29, 0.717) is 0 Å². The minimum atomic E-state index is -0.501. The Morgan fingerprint density at radius 2 is 0.950 bits per heavy atom. The fourth-order valence-corrected chi connectivity index (χ4v) is 11.9. The zero-order chi connectivity index (χ0) is 40.0. The van der Waals surface area contributed by atoms with E-state index in [4.69, 9.17) is 0 Å². The normalized spacial score (nSPS) is 14.1. The zero-order valence-electron chi connectivity index (χ0n) is 33.6. The Labute approximate surface area is 355 Å². The highest BCUT2D eigenvalue weighted by Gasteiger charge is 2.46. The minimum Gasteiger partial charge on any atom is -0.310 e. The average molecular weight is 784 g/mol. The van der Waals surface area contributed by atoms with Gasteiger partial charge in [0.15, 0.2) is 0 Å². The van der Waals surface area contributed by atoms with Gasteiger partial charge in [-0.1, -0.05) is 184 Å². The van der Waals surface area contributed by atoms with Crippen LogP contribution in [-0.2, 0) is 10.8 Å². The second-order valence-corrected chi connectivity index (χ2v) is 17.9. The highest BCUT2D eigenvalue weighted by Crippen LogP contribution is 2.58. The molecule has 1 aromatic heterocycles. The van der Waals surface area contributed by atoms with E-state index in [2.05, 4.69) is 231 Å². The molecule has 1 heterocycles. The van der Waals surface area contributed by atoms with Crippen LogP contribution in [0, 0.1) is 0 Å². The van der Waals surface area contributed by atoms with Gasteiger partial charge in [-0.25, -0.2) is 0 Å². The molecule has 0 spiro atoms. The lowest BCUT2D eigenvalue weighted by atomic mass is 9.67. The Morgan fingerprint density at radius 3 is 1.70 bits per heavy atom.